The number of nitrogens with zero attached hydrogens (tertiary/aromatic N) is 6. The molecule has 0 N–H and O–H groups in total. The van der Waals surface area contributed by atoms with Gasteiger partial charge in [-0.15, -0.1) is 10.2 Å². The third kappa shape index (κ3) is 2.78. The van der Waals surface area contributed by atoms with Crippen LogP contribution >= 0.6 is 0 Å². The van der Waals surface area contributed by atoms with Crippen LogP contribution < -0.4 is 4.90 Å². The average Bonchev–Trinajstić information content (AvgIpc) is 3.52. The molecule has 1 aliphatic carbocycles. The monoisotopic (exact) mass is 382 g/mol. The summed E-state index contributed by atoms with van der Waals surface area (Å²) in [7, 11) is 0. The molecule has 0 saturated heterocycles. The number of benzene rings is 2. The quantitative estimate of drug-likeness (QED) is 0.527. The fourth-order valence-electron chi connectivity index (χ4n) is 4.36. The summed E-state index contributed by atoms with van der Waals surface area (Å²) < 4.78 is 2.36. The van der Waals surface area contributed by atoms with Gasteiger partial charge in [-0.2, -0.15) is 0 Å². The highest BCUT2D eigenvalue weighted by atomic mass is 15.4. The first-order chi connectivity index (χ1) is 14.3. The normalized spacial score (nSPS) is 18.8. The van der Waals surface area contributed by atoms with E-state index in [0.29, 0.717) is 12.0 Å². The molecule has 1 atom stereocenters. The van der Waals surface area contributed by atoms with Crippen LogP contribution in [0.4, 0.5) is 5.82 Å². The second-order valence-electron chi connectivity index (χ2n) is 8.10. The maximum Gasteiger partial charge on any atom is 0.162 e. The van der Waals surface area contributed by atoms with Gasteiger partial charge in [0, 0.05) is 23.4 Å². The number of anilines is 1. The molecule has 29 heavy (non-hydrogen) atoms. The van der Waals surface area contributed by atoms with Crippen LogP contribution in [-0.2, 0) is 6.54 Å². The molecule has 1 aliphatic heterocycles. The lowest BCUT2D eigenvalue weighted by Gasteiger charge is -2.34. The maximum absolute atomic E-state index is 5.01. The second kappa shape index (κ2) is 6.37. The number of hydrogen-bond acceptors (Lipinski definition) is 5. The molecule has 4 aromatic rings. The Morgan fingerprint density at radius 3 is 2.52 bits per heavy atom. The van der Waals surface area contributed by atoms with Crippen LogP contribution in [0.3, 0.4) is 0 Å². The van der Waals surface area contributed by atoms with Crippen molar-refractivity contribution in [2.45, 2.75) is 38.3 Å². The van der Waals surface area contributed by atoms with Gasteiger partial charge in [0.05, 0.1) is 18.1 Å². The van der Waals surface area contributed by atoms with Gasteiger partial charge in [-0.3, -0.25) is 0 Å². The van der Waals surface area contributed by atoms with Gasteiger partial charge in [0.15, 0.2) is 11.6 Å². The Bertz CT molecular complexity index is 1190. The third-order valence-corrected chi connectivity index (χ3v) is 5.91. The molecule has 2 aromatic heterocycles. The Labute approximate surface area is 169 Å². The van der Waals surface area contributed by atoms with Gasteiger partial charge in [-0.05, 0) is 31.9 Å². The van der Waals surface area contributed by atoms with Crippen molar-refractivity contribution in [3.63, 3.8) is 0 Å². The van der Waals surface area contributed by atoms with Gasteiger partial charge < -0.3 is 9.47 Å². The lowest BCUT2D eigenvalue weighted by atomic mass is 10.1. The van der Waals surface area contributed by atoms with Crippen molar-refractivity contribution in [3.05, 3.63) is 66.2 Å². The Morgan fingerprint density at radius 2 is 1.69 bits per heavy atom. The van der Waals surface area contributed by atoms with E-state index < -0.39 is 0 Å². The highest BCUT2D eigenvalue weighted by molar-refractivity contribution is 5.91. The van der Waals surface area contributed by atoms with Crippen LogP contribution in [0, 0.1) is 0 Å². The number of rotatable bonds is 3. The number of aromatic nitrogens is 5. The smallest absolute Gasteiger partial charge is 0.162 e. The van der Waals surface area contributed by atoms with E-state index in [9.17, 15) is 0 Å². The minimum atomic E-state index is 0.318. The van der Waals surface area contributed by atoms with E-state index in [0.717, 1.165) is 47.0 Å². The van der Waals surface area contributed by atoms with Gasteiger partial charge >= 0.3 is 0 Å². The fraction of sp³-hybridized carbons (Fsp3) is 0.304. The molecule has 0 spiro atoms. The van der Waals surface area contributed by atoms with Crippen molar-refractivity contribution < 1.29 is 0 Å². The summed E-state index contributed by atoms with van der Waals surface area (Å²) in [5, 5.41) is 10.1. The summed E-state index contributed by atoms with van der Waals surface area (Å²) in [6, 6.07) is 18.8. The molecule has 0 bridgehead atoms. The number of hydrogen-bond donors (Lipinski definition) is 0. The van der Waals surface area contributed by atoms with Crippen LogP contribution in [0.2, 0.25) is 0 Å². The second-order valence-corrected chi connectivity index (χ2v) is 8.10. The molecule has 2 aliphatic rings. The predicted molar refractivity (Wildman–Crippen MR) is 113 cm³/mol. The Kier molecular flexibility index (Phi) is 3.66. The topological polar surface area (TPSA) is 59.7 Å². The molecule has 144 valence electrons. The van der Waals surface area contributed by atoms with Gasteiger partial charge in [0.1, 0.15) is 11.6 Å². The number of para-hydroxylation sites is 1. The number of fused-ring (bicyclic) bond motifs is 2. The first-order valence-electron chi connectivity index (χ1n) is 10.3. The summed E-state index contributed by atoms with van der Waals surface area (Å²) in [4.78, 5) is 12.2. The van der Waals surface area contributed by atoms with Crippen molar-refractivity contribution >= 4 is 16.7 Å². The summed E-state index contributed by atoms with van der Waals surface area (Å²) >= 11 is 0. The molecule has 1 saturated carbocycles. The summed E-state index contributed by atoms with van der Waals surface area (Å²) in [5.74, 6) is 4.55. The summed E-state index contributed by atoms with van der Waals surface area (Å²) in [6.45, 7) is 3.87. The SMILES string of the molecule is C[C@H]1CN(c2nc(-c3ccccc3)nc3ccccc23)Cc2nnc(C3CC3)n21. The zero-order valence-electron chi connectivity index (χ0n) is 16.4. The Hall–Kier alpha value is -3.28. The van der Waals surface area contributed by atoms with Crippen LogP contribution in [0.25, 0.3) is 22.3 Å². The van der Waals surface area contributed by atoms with E-state index in [-0.39, 0.29) is 0 Å². The van der Waals surface area contributed by atoms with Gasteiger partial charge in [0.25, 0.3) is 0 Å². The molecule has 3 heterocycles. The van der Waals surface area contributed by atoms with Crippen molar-refractivity contribution in [3.8, 4) is 11.4 Å². The highest BCUT2D eigenvalue weighted by Crippen LogP contribution is 2.41. The molecule has 6 rings (SSSR count). The van der Waals surface area contributed by atoms with Crippen LogP contribution in [-0.4, -0.2) is 31.3 Å². The van der Waals surface area contributed by atoms with E-state index in [1.165, 1.54) is 18.7 Å². The van der Waals surface area contributed by atoms with Crippen LogP contribution in [0.1, 0.15) is 43.4 Å². The first-order valence-corrected chi connectivity index (χ1v) is 10.3. The first kappa shape index (κ1) is 16.7. The van der Waals surface area contributed by atoms with Gasteiger partial charge in [-0.25, -0.2) is 9.97 Å². The van der Waals surface area contributed by atoms with Gasteiger partial charge in [-0.1, -0.05) is 42.5 Å². The zero-order chi connectivity index (χ0) is 19.4. The van der Waals surface area contributed by atoms with E-state index >= 15 is 0 Å². The predicted octanol–water partition coefficient (Wildman–Crippen LogP) is 4.35. The molecule has 6 nitrogen and oxygen atoms in total. The largest absolute Gasteiger partial charge is 0.346 e. The average molecular weight is 382 g/mol. The van der Waals surface area contributed by atoms with Crippen molar-refractivity contribution in [1.29, 1.82) is 0 Å². The molecule has 0 radical (unpaired) electrons. The molecular weight excluding hydrogens is 360 g/mol. The van der Waals surface area contributed by atoms with Crippen molar-refractivity contribution in [2.24, 2.45) is 0 Å². The van der Waals surface area contributed by atoms with E-state index in [1.54, 1.807) is 0 Å². The van der Waals surface area contributed by atoms with E-state index in [1.807, 2.05) is 24.3 Å². The molecule has 1 fully saturated rings. The van der Waals surface area contributed by atoms with Crippen molar-refractivity contribution in [1.82, 2.24) is 24.7 Å². The summed E-state index contributed by atoms with van der Waals surface area (Å²) in [5.41, 5.74) is 2.00. The van der Waals surface area contributed by atoms with E-state index in [2.05, 4.69) is 56.9 Å². The molecule has 6 heteroatoms. The summed E-state index contributed by atoms with van der Waals surface area (Å²) in [6.07, 6.45) is 2.48. The Balaban J connectivity index is 1.47. The maximum atomic E-state index is 5.01. The molecule has 2 aromatic carbocycles. The van der Waals surface area contributed by atoms with Gasteiger partial charge in [0.2, 0.25) is 0 Å². The van der Waals surface area contributed by atoms with E-state index in [4.69, 9.17) is 9.97 Å². The lowest BCUT2D eigenvalue weighted by Crippen LogP contribution is -2.37. The third-order valence-electron chi connectivity index (χ3n) is 5.91. The fourth-order valence-corrected chi connectivity index (χ4v) is 4.36. The minimum absolute atomic E-state index is 0.318. The molecular formula is C23H22N6. The standard InChI is InChI=1S/C23H22N6/c1-15-13-28(14-20-26-27-22(29(15)20)17-11-12-17)23-18-9-5-6-10-19(18)24-21(25-23)16-7-3-2-4-8-16/h2-10,15,17H,11-14H2,1H3/t15-/m0/s1. The molecule has 0 unspecified atom stereocenters. The zero-order valence-corrected chi connectivity index (χ0v) is 16.4. The Morgan fingerprint density at radius 1 is 0.897 bits per heavy atom. The van der Waals surface area contributed by atoms with Crippen LogP contribution in [0.15, 0.2) is 54.6 Å². The highest BCUT2D eigenvalue weighted by Gasteiger charge is 2.35. The van der Waals surface area contributed by atoms with Crippen LogP contribution in [0.5, 0.6) is 0 Å². The minimum Gasteiger partial charge on any atom is -0.346 e. The lowest BCUT2D eigenvalue weighted by molar-refractivity contribution is 0.448. The van der Waals surface area contributed by atoms with Crippen molar-refractivity contribution in [2.75, 3.05) is 11.4 Å². The molecule has 0 amide bonds.